The van der Waals surface area contributed by atoms with Gasteiger partial charge in [0.2, 0.25) is 0 Å². The Balaban J connectivity index is 2.58. The minimum atomic E-state index is -0.368. The second-order valence-electron chi connectivity index (χ2n) is 3.40. The summed E-state index contributed by atoms with van der Waals surface area (Å²) in [5.74, 6) is 0. The fraction of sp³-hybridized carbons (Fsp3) is 0.333. The van der Waals surface area contributed by atoms with Gasteiger partial charge in [0.1, 0.15) is 0 Å². The SMILES string of the molecule is NC1CCc2c(I)cc([N+](=O)[O-])cc21. The van der Waals surface area contributed by atoms with Gasteiger partial charge in [-0.15, -0.1) is 0 Å². The lowest BCUT2D eigenvalue weighted by molar-refractivity contribution is -0.385. The molecule has 74 valence electrons. The van der Waals surface area contributed by atoms with Crippen LogP contribution in [0.5, 0.6) is 0 Å². The number of halogens is 1. The van der Waals surface area contributed by atoms with Crippen LogP contribution < -0.4 is 5.73 Å². The molecule has 2 N–H and O–H groups in total. The van der Waals surface area contributed by atoms with E-state index in [1.165, 1.54) is 5.56 Å². The minimum absolute atomic E-state index is 0.0292. The second-order valence-corrected chi connectivity index (χ2v) is 4.56. The Kier molecular flexibility index (Phi) is 2.44. The largest absolute Gasteiger partial charge is 0.324 e. The maximum Gasteiger partial charge on any atom is 0.270 e. The summed E-state index contributed by atoms with van der Waals surface area (Å²) in [6.45, 7) is 0. The average Bonchev–Trinajstić information content (AvgIpc) is 2.48. The Morgan fingerprint density at radius 2 is 2.29 bits per heavy atom. The molecule has 0 radical (unpaired) electrons. The van der Waals surface area contributed by atoms with E-state index in [-0.39, 0.29) is 16.7 Å². The lowest BCUT2D eigenvalue weighted by Gasteiger charge is -2.05. The molecular weight excluding hydrogens is 295 g/mol. The number of non-ortho nitro benzene ring substituents is 1. The molecular formula is C9H9IN2O2. The Morgan fingerprint density at radius 1 is 1.57 bits per heavy atom. The average molecular weight is 304 g/mol. The number of nitrogens with two attached hydrogens (primary N) is 1. The van der Waals surface area contributed by atoms with Crippen molar-refractivity contribution < 1.29 is 4.92 Å². The summed E-state index contributed by atoms with van der Waals surface area (Å²) in [7, 11) is 0. The Hall–Kier alpha value is -0.690. The van der Waals surface area contributed by atoms with Crippen LogP contribution in [-0.4, -0.2) is 4.92 Å². The molecule has 1 aliphatic rings. The number of nitrogens with zero attached hydrogens (tertiary/aromatic N) is 1. The Labute approximate surface area is 94.8 Å². The number of rotatable bonds is 1. The maximum atomic E-state index is 10.6. The number of benzene rings is 1. The third-order valence-corrected chi connectivity index (χ3v) is 3.49. The van der Waals surface area contributed by atoms with Crippen LogP contribution in [0.2, 0.25) is 0 Å². The summed E-state index contributed by atoms with van der Waals surface area (Å²) >= 11 is 2.13. The van der Waals surface area contributed by atoms with Gasteiger partial charge in [-0.3, -0.25) is 10.1 Å². The van der Waals surface area contributed by atoms with E-state index in [0.29, 0.717) is 0 Å². The molecule has 0 spiro atoms. The van der Waals surface area contributed by atoms with Gasteiger partial charge in [0, 0.05) is 21.7 Å². The van der Waals surface area contributed by atoms with E-state index >= 15 is 0 Å². The predicted molar refractivity (Wildman–Crippen MR) is 61.1 cm³/mol. The van der Waals surface area contributed by atoms with Crippen LogP contribution in [0.15, 0.2) is 12.1 Å². The van der Waals surface area contributed by atoms with Crippen LogP contribution >= 0.6 is 22.6 Å². The van der Waals surface area contributed by atoms with E-state index in [1.807, 2.05) is 0 Å². The van der Waals surface area contributed by atoms with Gasteiger partial charge in [0.05, 0.1) is 4.92 Å². The van der Waals surface area contributed by atoms with E-state index in [0.717, 1.165) is 22.0 Å². The summed E-state index contributed by atoms with van der Waals surface area (Å²) in [5.41, 5.74) is 8.13. The zero-order valence-electron chi connectivity index (χ0n) is 7.37. The van der Waals surface area contributed by atoms with Gasteiger partial charge in [-0.05, 0) is 46.6 Å². The van der Waals surface area contributed by atoms with Crippen molar-refractivity contribution >= 4 is 28.3 Å². The molecule has 0 aromatic heterocycles. The van der Waals surface area contributed by atoms with Crippen LogP contribution in [0, 0.1) is 13.7 Å². The smallest absolute Gasteiger partial charge is 0.270 e. The first-order valence-electron chi connectivity index (χ1n) is 4.32. The molecule has 0 bridgehead atoms. The standard InChI is InChI=1S/C9H9IN2O2/c10-8-4-5(12(13)14)3-7-6(8)1-2-9(7)11/h3-4,9H,1-2,11H2. The quantitative estimate of drug-likeness (QED) is 0.491. The summed E-state index contributed by atoms with van der Waals surface area (Å²) in [6.07, 6.45) is 1.83. The zero-order chi connectivity index (χ0) is 10.3. The Morgan fingerprint density at radius 3 is 2.93 bits per heavy atom. The van der Waals surface area contributed by atoms with Crippen molar-refractivity contribution in [3.8, 4) is 0 Å². The first-order valence-corrected chi connectivity index (χ1v) is 5.39. The van der Waals surface area contributed by atoms with Gasteiger partial charge in [-0.1, -0.05) is 0 Å². The highest BCUT2D eigenvalue weighted by atomic mass is 127. The molecule has 0 heterocycles. The topological polar surface area (TPSA) is 69.2 Å². The highest BCUT2D eigenvalue weighted by Gasteiger charge is 2.24. The lowest BCUT2D eigenvalue weighted by atomic mass is 10.1. The highest BCUT2D eigenvalue weighted by molar-refractivity contribution is 14.1. The van der Waals surface area contributed by atoms with E-state index < -0.39 is 0 Å². The third-order valence-electron chi connectivity index (χ3n) is 2.53. The number of nitro benzene ring substituents is 1. The van der Waals surface area contributed by atoms with Crippen LogP contribution in [0.1, 0.15) is 23.6 Å². The highest BCUT2D eigenvalue weighted by Crippen LogP contribution is 2.35. The van der Waals surface area contributed by atoms with Gasteiger partial charge in [0.15, 0.2) is 0 Å². The molecule has 1 atom stereocenters. The molecule has 4 nitrogen and oxygen atoms in total. The summed E-state index contributed by atoms with van der Waals surface area (Å²) in [6, 6.07) is 3.19. The van der Waals surface area contributed by atoms with Crippen LogP contribution in [0.4, 0.5) is 5.69 Å². The summed E-state index contributed by atoms with van der Waals surface area (Å²) in [5, 5.41) is 10.6. The van der Waals surface area contributed by atoms with Gasteiger partial charge in [-0.25, -0.2) is 0 Å². The third kappa shape index (κ3) is 1.50. The molecule has 2 rings (SSSR count). The summed E-state index contributed by atoms with van der Waals surface area (Å²) in [4.78, 5) is 10.3. The van der Waals surface area contributed by atoms with Crippen molar-refractivity contribution in [2.75, 3.05) is 0 Å². The maximum absolute atomic E-state index is 10.6. The molecule has 1 unspecified atom stereocenters. The first kappa shape index (κ1) is 9.85. The molecule has 0 saturated carbocycles. The number of hydrogen-bond donors (Lipinski definition) is 1. The zero-order valence-corrected chi connectivity index (χ0v) is 9.52. The molecule has 5 heteroatoms. The molecule has 1 aromatic rings. The molecule has 1 aliphatic carbocycles. The Bertz CT molecular complexity index is 406. The molecule has 0 fully saturated rings. The van der Waals surface area contributed by atoms with Crippen molar-refractivity contribution in [1.82, 2.24) is 0 Å². The van der Waals surface area contributed by atoms with Gasteiger partial charge >= 0.3 is 0 Å². The molecule has 0 saturated heterocycles. The van der Waals surface area contributed by atoms with E-state index in [1.54, 1.807) is 12.1 Å². The fourth-order valence-corrected chi connectivity index (χ4v) is 2.70. The van der Waals surface area contributed by atoms with Crippen molar-refractivity contribution in [3.05, 3.63) is 36.9 Å². The first-order chi connectivity index (χ1) is 6.59. The molecule has 0 aliphatic heterocycles. The monoisotopic (exact) mass is 304 g/mol. The predicted octanol–water partition coefficient (Wildman–Crippen LogP) is 2.15. The number of fused-ring (bicyclic) bond motifs is 1. The van der Waals surface area contributed by atoms with E-state index in [9.17, 15) is 10.1 Å². The van der Waals surface area contributed by atoms with Crippen LogP contribution in [-0.2, 0) is 6.42 Å². The molecule has 0 amide bonds. The number of hydrogen-bond acceptors (Lipinski definition) is 3. The van der Waals surface area contributed by atoms with E-state index in [2.05, 4.69) is 22.6 Å². The van der Waals surface area contributed by atoms with Crippen LogP contribution in [0.3, 0.4) is 0 Å². The minimum Gasteiger partial charge on any atom is -0.324 e. The van der Waals surface area contributed by atoms with Crippen molar-refractivity contribution in [2.45, 2.75) is 18.9 Å². The lowest BCUT2D eigenvalue weighted by Crippen LogP contribution is -2.06. The second kappa shape index (κ2) is 3.47. The van der Waals surface area contributed by atoms with Crippen molar-refractivity contribution in [1.29, 1.82) is 0 Å². The molecule has 1 aromatic carbocycles. The fourth-order valence-electron chi connectivity index (χ4n) is 1.80. The summed E-state index contributed by atoms with van der Waals surface area (Å²) < 4.78 is 0.958. The van der Waals surface area contributed by atoms with Gasteiger partial charge < -0.3 is 5.73 Å². The van der Waals surface area contributed by atoms with Gasteiger partial charge in [-0.2, -0.15) is 0 Å². The van der Waals surface area contributed by atoms with Gasteiger partial charge in [0.25, 0.3) is 5.69 Å². The number of nitro groups is 1. The molecule has 14 heavy (non-hydrogen) atoms. The van der Waals surface area contributed by atoms with E-state index in [4.69, 9.17) is 5.73 Å². The van der Waals surface area contributed by atoms with Crippen molar-refractivity contribution in [2.24, 2.45) is 5.73 Å². The van der Waals surface area contributed by atoms with Crippen molar-refractivity contribution in [3.63, 3.8) is 0 Å². The van der Waals surface area contributed by atoms with Crippen LogP contribution in [0.25, 0.3) is 0 Å². The normalized spacial score (nSPS) is 19.4.